The fourth-order valence-electron chi connectivity index (χ4n) is 3.83. The predicted molar refractivity (Wildman–Crippen MR) is 117 cm³/mol. The minimum absolute atomic E-state index is 0.0724. The maximum Gasteiger partial charge on any atom is 0.261 e. The van der Waals surface area contributed by atoms with Crippen LogP contribution in [0.4, 0.5) is 0 Å². The number of methoxy groups -OCH3 is 1. The van der Waals surface area contributed by atoms with Crippen LogP contribution in [0, 0.1) is 6.92 Å². The number of phenols is 2. The summed E-state index contributed by atoms with van der Waals surface area (Å²) in [5, 5.41) is 20.8. The number of aromatic hydroxyl groups is 2. The number of phenolic OH excluding ortho intramolecular Hbond substituents is 2. The monoisotopic (exact) mass is 419 g/mol. The molecule has 0 aliphatic carbocycles. The molecule has 0 unspecified atom stereocenters. The molecule has 0 radical (unpaired) electrons. The average Bonchev–Trinajstić information content (AvgIpc) is 2.80. The van der Waals surface area contributed by atoms with Crippen LogP contribution in [0.1, 0.15) is 32.6 Å². The molecule has 1 heterocycles. The third kappa shape index (κ3) is 4.14. The summed E-state index contributed by atoms with van der Waals surface area (Å²) >= 11 is 0. The third-order valence-corrected chi connectivity index (χ3v) is 5.63. The lowest BCUT2D eigenvalue weighted by atomic mass is 9.98. The lowest BCUT2D eigenvalue weighted by molar-refractivity contribution is 0.0726. The van der Waals surface area contributed by atoms with Crippen molar-refractivity contribution >= 4 is 5.91 Å². The van der Waals surface area contributed by atoms with Crippen LogP contribution in [0.15, 0.2) is 54.6 Å². The van der Waals surface area contributed by atoms with Crippen molar-refractivity contribution in [3.63, 3.8) is 0 Å². The maximum absolute atomic E-state index is 13.4. The number of fused-ring (bicyclic) bond motifs is 1. The van der Waals surface area contributed by atoms with Gasteiger partial charge in [0.25, 0.3) is 5.91 Å². The van der Waals surface area contributed by atoms with Crippen LogP contribution in [-0.2, 0) is 19.6 Å². The molecule has 3 aromatic carbocycles. The van der Waals surface area contributed by atoms with Gasteiger partial charge < -0.3 is 24.6 Å². The molecule has 160 valence electrons. The smallest absolute Gasteiger partial charge is 0.261 e. The zero-order chi connectivity index (χ0) is 22.0. The van der Waals surface area contributed by atoms with Crippen LogP contribution in [-0.4, -0.2) is 34.7 Å². The molecule has 3 aromatic rings. The van der Waals surface area contributed by atoms with E-state index in [9.17, 15) is 15.0 Å². The molecule has 2 N–H and O–H groups in total. The first kappa shape index (κ1) is 20.6. The van der Waals surface area contributed by atoms with Gasteiger partial charge in [0, 0.05) is 24.7 Å². The molecule has 0 fully saturated rings. The van der Waals surface area contributed by atoms with Gasteiger partial charge in [-0.25, -0.2) is 0 Å². The molecule has 1 amide bonds. The van der Waals surface area contributed by atoms with Crippen LogP contribution >= 0.6 is 0 Å². The molecule has 0 spiro atoms. The van der Waals surface area contributed by atoms with Crippen molar-refractivity contribution in [1.29, 1.82) is 0 Å². The molecule has 1 aliphatic heterocycles. The third-order valence-electron chi connectivity index (χ3n) is 5.63. The quantitative estimate of drug-likeness (QED) is 0.648. The summed E-state index contributed by atoms with van der Waals surface area (Å²) in [6.07, 6.45) is 0.691. The number of rotatable bonds is 5. The van der Waals surface area contributed by atoms with Gasteiger partial charge in [-0.3, -0.25) is 4.79 Å². The van der Waals surface area contributed by atoms with Crippen molar-refractivity contribution in [3.05, 3.63) is 82.4 Å². The molecular formula is C25H25NO5. The Morgan fingerprint density at radius 3 is 2.55 bits per heavy atom. The highest BCUT2D eigenvalue weighted by molar-refractivity contribution is 6.00. The molecule has 0 atom stereocenters. The molecule has 0 aromatic heterocycles. The highest BCUT2D eigenvalue weighted by Crippen LogP contribution is 2.39. The van der Waals surface area contributed by atoms with E-state index >= 15 is 0 Å². The molecule has 0 saturated carbocycles. The molecule has 31 heavy (non-hydrogen) atoms. The average molecular weight is 419 g/mol. The van der Waals surface area contributed by atoms with E-state index in [1.165, 1.54) is 6.07 Å². The van der Waals surface area contributed by atoms with E-state index in [4.69, 9.17) is 9.47 Å². The molecular weight excluding hydrogens is 394 g/mol. The Hall–Kier alpha value is -3.67. The van der Waals surface area contributed by atoms with E-state index in [1.807, 2.05) is 48.5 Å². The fourth-order valence-corrected chi connectivity index (χ4v) is 3.83. The van der Waals surface area contributed by atoms with Gasteiger partial charge in [-0.15, -0.1) is 0 Å². The first-order chi connectivity index (χ1) is 15.0. The fraction of sp³-hybridized carbons (Fsp3) is 0.240. The van der Waals surface area contributed by atoms with Crippen molar-refractivity contribution in [2.45, 2.75) is 26.5 Å². The number of hydrogen-bond donors (Lipinski definition) is 2. The van der Waals surface area contributed by atoms with Gasteiger partial charge in [0.15, 0.2) is 0 Å². The highest BCUT2D eigenvalue weighted by Gasteiger charge is 2.29. The number of nitrogens with zero attached hydrogens (tertiary/aromatic N) is 1. The Bertz CT molecular complexity index is 1110. The number of ether oxygens (including phenoxy) is 2. The first-order valence-electron chi connectivity index (χ1n) is 10.1. The number of benzene rings is 3. The predicted octanol–water partition coefficient (Wildman–Crippen LogP) is 4.19. The number of hydrogen-bond acceptors (Lipinski definition) is 5. The topological polar surface area (TPSA) is 79.2 Å². The summed E-state index contributed by atoms with van der Waals surface area (Å²) < 4.78 is 11.2. The Morgan fingerprint density at radius 1 is 1.03 bits per heavy atom. The molecule has 6 nitrogen and oxygen atoms in total. The molecule has 6 heteroatoms. The van der Waals surface area contributed by atoms with Gasteiger partial charge in [0.2, 0.25) is 0 Å². The second kappa shape index (κ2) is 8.60. The van der Waals surface area contributed by atoms with E-state index in [0.717, 1.165) is 22.4 Å². The normalized spacial score (nSPS) is 12.9. The van der Waals surface area contributed by atoms with Crippen molar-refractivity contribution in [3.8, 4) is 23.0 Å². The van der Waals surface area contributed by atoms with Crippen LogP contribution in [0.2, 0.25) is 0 Å². The highest BCUT2D eigenvalue weighted by atomic mass is 16.5. The number of carbonyl (C=O) groups is 1. The van der Waals surface area contributed by atoms with E-state index in [0.29, 0.717) is 25.1 Å². The van der Waals surface area contributed by atoms with Gasteiger partial charge in [0.05, 0.1) is 7.11 Å². The SMILES string of the molecule is COc1ccc2c(c1)CCN(C(=O)c1c(O)cc(O)c(C)c1OCc1ccccc1)C2. The Morgan fingerprint density at radius 2 is 1.81 bits per heavy atom. The summed E-state index contributed by atoms with van der Waals surface area (Å²) in [6.45, 7) is 2.82. The summed E-state index contributed by atoms with van der Waals surface area (Å²) in [5.41, 5.74) is 3.60. The standard InChI is InChI=1S/C25H25NO5/c1-16-21(27)13-22(28)23(24(16)31-15-17-6-4-3-5-7-17)25(29)26-11-10-18-12-20(30-2)9-8-19(18)14-26/h3-9,12-13,27-28H,10-11,14-15H2,1-2H3. The van der Waals surface area contributed by atoms with Crippen molar-refractivity contribution in [1.82, 2.24) is 4.90 Å². The van der Waals surface area contributed by atoms with Gasteiger partial charge in [-0.05, 0) is 42.2 Å². The van der Waals surface area contributed by atoms with Gasteiger partial charge in [0.1, 0.15) is 35.2 Å². The molecule has 0 saturated heterocycles. The molecule has 1 aliphatic rings. The zero-order valence-electron chi connectivity index (χ0n) is 17.6. The van der Waals surface area contributed by atoms with Gasteiger partial charge >= 0.3 is 0 Å². The Balaban J connectivity index is 1.63. The van der Waals surface area contributed by atoms with Crippen LogP contribution in [0.25, 0.3) is 0 Å². The number of carbonyl (C=O) groups excluding carboxylic acids is 1. The van der Waals surface area contributed by atoms with Crippen molar-refractivity contribution in [2.24, 2.45) is 0 Å². The largest absolute Gasteiger partial charge is 0.507 e. The second-order valence-electron chi connectivity index (χ2n) is 7.63. The van der Waals surface area contributed by atoms with Gasteiger partial charge in [-0.1, -0.05) is 36.4 Å². The maximum atomic E-state index is 13.4. The van der Waals surface area contributed by atoms with E-state index < -0.39 is 0 Å². The molecule has 4 rings (SSSR count). The van der Waals surface area contributed by atoms with Gasteiger partial charge in [-0.2, -0.15) is 0 Å². The summed E-state index contributed by atoms with van der Waals surface area (Å²) in [6, 6.07) is 16.6. The van der Waals surface area contributed by atoms with Crippen molar-refractivity contribution < 1.29 is 24.5 Å². The zero-order valence-corrected chi connectivity index (χ0v) is 17.6. The van der Waals surface area contributed by atoms with E-state index in [1.54, 1.807) is 18.9 Å². The van der Waals surface area contributed by atoms with E-state index in [2.05, 4.69) is 0 Å². The second-order valence-corrected chi connectivity index (χ2v) is 7.63. The van der Waals surface area contributed by atoms with Crippen LogP contribution in [0.5, 0.6) is 23.0 Å². The van der Waals surface area contributed by atoms with Crippen molar-refractivity contribution in [2.75, 3.05) is 13.7 Å². The summed E-state index contributed by atoms with van der Waals surface area (Å²) in [4.78, 5) is 15.1. The minimum atomic E-state index is -0.329. The van der Waals surface area contributed by atoms with Crippen LogP contribution < -0.4 is 9.47 Å². The minimum Gasteiger partial charge on any atom is -0.507 e. The lowest BCUT2D eigenvalue weighted by Gasteiger charge is -2.30. The number of amides is 1. The summed E-state index contributed by atoms with van der Waals surface area (Å²) in [7, 11) is 1.63. The Labute approximate surface area is 181 Å². The van der Waals surface area contributed by atoms with Crippen LogP contribution in [0.3, 0.4) is 0 Å². The Kier molecular flexibility index (Phi) is 5.71. The first-order valence-corrected chi connectivity index (χ1v) is 10.1. The summed E-state index contributed by atoms with van der Waals surface area (Å²) in [5.74, 6) is 0.254. The lowest BCUT2D eigenvalue weighted by Crippen LogP contribution is -2.36. The van der Waals surface area contributed by atoms with E-state index in [-0.39, 0.29) is 35.3 Å². The molecule has 0 bridgehead atoms.